The zero-order valence-electron chi connectivity index (χ0n) is 20.0. The van der Waals surface area contributed by atoms with Gasteiger partial charge in [0.1, 0.15) is 5.00 Å². The van der Waals surface area contributed by atoms with Crippen molar-refractivity contribution < 1.29 is 22.8 Å². The minimum Gasteiger partial charge on any atom is -0.331 e. The maximum Gasteiger partial charge on any atom is 0.323 e. The molecule has 1 fully saturated rings. The molecule has 0 radical (unpaired) electrons. The van der Waals surface area contributed by atoms with E-state index in [9.17, 15) is 22.8 Å². The third kappa shape index (κ3) is 5.25. The second kappa shape index (κ2) is 10.1. The first-order chi connectivity index (χ1) is 16.6. The number of hydrogen-bond acceptors (Lipinski definition) is 7. The molecule has 0 atom stereocenters. The first-order valence-corrected chi connectivity index (χ1v) is 13.6. The number of sulfonamides is 1. The Balaban J connectivity index is 1.58. The van der Waals surface area contributed by atoms with E-state index < -0.39 is 27.9 Å². The van der Waals surface area contributed by atoms with Crippen molar-refractivity contribution in [2.75, 3.05) is 46.1 Å². The molecule has 0 aliphatic carbocycles. The molecule has 2 aliphatic heterocycles. The minimum atomic E-state index is -3.57. The lowest BCUT2D eigenvalue weighted by Gasteiger charge is -2.22. The van der Waals surface area contributed by atoms with Gasteiger partial charge in [0.25, 0.3) is 11.8 Å². The summed E-state index contributed by atoms with van der Waals surface area (Å²) in [6.45, 7) is 2.40. The fraction of sp³-hybridized carbons (Fsp3) is 0.435. The molecule has 1 aromatic carbocycles. The van der Waals surface area contributed by atoms with Crippen molar-refractivity contribution in [3.05, 3.63) is 45.8 Å². The van der Waals surface area contributed by atoms with Crippen molar-refractivity contribution in [2.24, 2.45) is 0 Å². The van der Waals surface area contributed by atoms with Gasteiger partial charge in [0.2, 0.25) is 10.0 Å². The molecule has 10 nitrogen and oxygen atoms in total. The van der Waals surface area contributed by atoms with Crippen molar-refractivity contribution in [1.29, 1.82) is 0 Å². The lowest BCUT2D eigenvalue weighted by atomic mass is 10.0. The lowest BCUT2D eigenvalue weighted by Crippen LogP contribution is -2.39. The molecule has 188 valence electrons. The average molecular weight is 520 g/mol. The zero-order chi connectivity index (χ0) is 25.3. The number of carbonyl (C=O) groups excluding carboxylic acids is 3. The molecule has 4 rings (SSSR count). The highest BCUT2D eigenvalue weighted by molar-refractivity contribution is 7.89. The molecule has 0 unspecified atom stereocenters. The fourth-order valence-corrected chi connectivity index (χ4v) is 7.00. The first-order valence-electron chi connectivity index (χ1n) is 11.3. The van der Waals surface area contributed by atoms with Gasteiger partial charge < -0.3 is 15.1 Å². The van der Waals surface area contributed by atoms with Crippen molar-refractivity contribution in [2.45, 2.75) is 30.7 Å². The van der Waals surface area contributed by atoms with Crippen LogP contribution in [-0.4, -0.2) is 81.1 Å². The summed E-state index contributed by atoms with van der Waals surface area (Å²) in [5, 5.41) is 5.55. The van der Waals surface area contributed by atoms with Gasteiger partial charge >= 0.3 is 6.03 Å². The highest BCUT2D eigenvalue weighted by atomic mass is 32.2. The number of thiophene rings is 1. The number of anilines is 1. The van der Waals surface area contributed by atoms with E-state index in [-0.39, 0.29) is 10.5 Å². The number of rotatable bonds is 5. The van der Waals surface area contributed by atoms with Crippen LogP contribution in [0.2, 0.25) is 0 Å². The van der Waals surface area contributed by atoms with Gasteiger partial charge in [-0.15, -0.1) is 11.3 Å². The number of imide groups is 1. The molecule has 12 heteroatoms. The molecule has 1 aromatic heterocycles. The van der Waals surface area contributed by atoms with Crippen LogP contribution in [0.15, 0.2) is 29.2 Å². The number of urea groups is 1. The molecule has 2 aliphatic rings. The SMILES string of the molecule is CN1CCc2c(sc(NC(=O)c3ccc(S(=O)(=O)N4CCCC4)cc3)c2C(=O)NC(=O)N(C)C)C1. The Kier molecular flexibility index (Phi) is 7.27. The van der Waals surface area contributed by atoms with Crippen LogP contribution < -0.4 is 10.6 Å². The summed E-state index contributed by atoms with van der Waals surface area (Å²) in [4.78, 5) is 42.6. The third-order valence-electron chi connectivity index (χ3n) is 6.15. The highest BCUT2D eigenvalue weighted by Gasteiger charge is 2.30. The second-order valence-electron chi connectivity index (χ2n) is 8.94. The second-order valence-corrected chi connectivity index (χ2v) is 12.0. The van der Waals surface area contributed by atoms with E-state index in [1.165, 1.54) is 58.9 Å². The Bertz CT molecular complexity index is 1250. The smallest absolute Gasteiger partial charge is 0.323 e. The third-order valence-corrected chi connectivity index (χ3v) is 9.19. The summed E-state index contributed by atoms with van der Waals surface area (Å²) < 4.78 is 27.0. The van der Waals surface area contributed by atoms with Crippen LogP contribution in [0.5, 0.6) is 0 Å². The number of amides is 4. The predicted molar refractivity (Wildman–Crippen MR) is 133 cm³/mol. The number of fused-ring (bicyclic) bond motifs is 1. The maximum absolute atomic E-state index is 13.0. The molecule has 2 N–H and O–H groups in total. The van der Waals surface area contributed by atoms with Crippen LogP contribution in [0.4, 0.5) is 9.80 Å². The number of nitrogens with one attached hydrogen (secondary N) is 2. The summed E-state index contributed by atoms with van der Waals surface area (Å²) in [5.74, 6) is -1.02. The van der Waals surface area contributed by atoms with Crippen molar-refractivity contribution in [3.63, 3.8) is 0 Å². The van der Waals surface area contributed by atoms with Gasteiger partial charge in [-0.2, -0.15) is 4.31 Å². The first kappa shape index (κ1) is 25.3. The number of benzene rings is 1. The van der Waals surface area contributed by atoms with E-state index >= 15 is 0 Å². The largest absolute Gasteiger partial charge is 0.331 e. The number of hydrogen-bond donors (Lipinski definition) is 2. The molecule has 0 bridgehead atoms. The van der Waals surface area contributed by atoms with Crippen molar-refractivity contribution in [1.82, 2.24) is 19.4 Å². The lowest BCUT2D eigenvalue weighted by molar-refractivity contribution is 0.0956. The van der Waals surface area contributed by atoms with E-state index in [2.05, 4.69) is 15.5 Å². The zero-order valence-corrected chi connectivity index (χ0v) is 21.6. The Morgan fingerprint density at radius 2 is 1.66 bits per heavy atom. The van der Waals surface area contributed by atoms with E-state index in [1.54, 1.807) is 0 Å². The molecule has 4 amide bonds. The van der Waals surface area contributed by atoms with Crippen LogP contribution in [0.3, 0.4) is 0 Å². The molecular formula is C23H29N5O5S2. The van der Waals surface area contributed by atoms with Crippen LogP contribution in [-0.2, 0) is 23.0 Å². The number of nitrogens with zero attached hydrogens (tertiary/aromatic N) is 3. The van der Waals surface area contributed by atoms with E-state index in [0.717, 1.165) is 29.8 Å². The van der Waals surface area contributed by atoms with Gasteiger partial charge in [-0.05, 0) is 56.1 Å². The molecule has 2 aromatic rings. The summed E-state index contributed by atoms with van der Waals surface area (Å²) in [5.41, 5.74) is 1.40. The summed E-state index contributed by atoms with van der Waals surface area (Å²) in [6.07, 6.45) is 2.31. The van der Waals surface area contributed by atoms with Gasteiger partial charge in [-0.1, -0.05) is 0 Å². The molecule has 0 saturated carbocycles. The molecule has 1 saturated heterocycles. The number of likely N-dealkylation sites (N-methyl/N-ethyl adjacent to an activating group) is 1. The minimum absolute atomic E-state index is 0.146. The Morgan fingerprint density at radius 1 is 1.00 bits per heavy atom. The van der Waals surface area contributed by atoms with Gasteiger partial charge in [-0.3, -0.25) is 14.9 Å². The van der Waals surface area contributed by atoms with Gasteiger partial charge in [-0.25, -0.2) is 13.2 Å². The van der Waals surface area contributed by atoms with E-state index in [1.807, 2.05) is 7.05 Å². The fourth-order valence-electron chi connectivity index (χ4n) is 4.16. The van der Waals surface area contributed by atoms with Gasteiger partial charge in [0.15, 0.2) is 0 Å². The van der Waals surface area contributed by atoms with Crippen LogP contribution in [0.25, 0.3) is 0 Å². The van der Waals surface area contributed by atoms with Crippen LogP contribution >= 0.6 is 11.3 Å². The Labute approximate surface area is 208 Å². The topological polar surface area (TPSA) is 119 Å². The van der Waals surface area contributed by atoms with Crippen LogP contribution in [0, 0.1) is 0 Å². The monoisotopic (exact) mass is 519 g/mol. The number of carbonyl (C=O) groups is 3. The highest BCUT2D eigenvalue weighted by Crippen LogP contribution is 2.37. The maximum atomic E-state index is 13.0. The van der Waals surface area contributed by atoms with Crippen LogP contribution in [0.1, 0.15) is 44.0 Å². The molecular weight excluding hydrogens is 490 g/mol. The molecule has 35 heavy (non-hydrogen) atoms. The van der Waals surface area contributed by atoms with Crippen molar-refractivity contribution in [3.8, 4) is 0 Å². The van der Waals surface area contributed by atoms with E-state index in [0.29, 0.717) is 36.6 Å². The van der Waals surface area contributed by atoms with E-state index in [4.69, 9.17) is 0 Å². The quantitative estimate of drug-likeness (QED) is 0.625. The molecule has 3 heterocycles. The predicted octanol–water partition coefficient (Wildman–Crippen LogP) is 2.18. The standard InChI is InChI=1S/C23H29N5O5S2/c1-26(2)23(31)25-21(30)19-17-10-13-27(3)14-18(17)34-22(19)24-20(29)15-6-8-16(9-7-15)35(32,33)28-11-4-5-12-28/h6-9H,4-5,10-14H2,1-3H3,(H,24,29)(H,25,30,31). The Morgan fingerprint density at radius 3 is 2.29 bits per heavy atom. The Hall–Kier alpha value is -2.80. The normalized spacial score (nSPS) is 16.5. The van der Waals surface area contributed by atoms with Gasteiger partial charge in [0, 0.05) is 50.7 Å². The summed E-state index contributed by atoms with van der Waals surface area (Å²) in [7, 11) is 1.48. The molecule has 0 spiro atoms. The average Bonchev–Trinajstić information content (AvgIpc) is 3.47. The van der Waals surface area contributed by atoms with Crippen molar-refractivity contribution >= 4 is 44.2 Å². The summed E-state index contributed by atoms with van der Waals surface area (Å²) in [6, 6.07) is 5.25. The van der Waals surface area contributed by atoms with Gasteiger partial charge in [0.05, 0.1) is 10.5 Å². The summed E-state index contributed by atoms with van der Waals surface area (Å²) >= 11 is 1.31.